The van der Waals surface area contributed by atoms with Gasteiger partial charge in [-0.05, 0) is 30.3 Å². The van der Waals surface area contributed by atoms with E-state index in [1.165, 1.54) is 7.11 Å². The van der Waals surface area contributed by atoms with Crippen molar-refractivity contribution in [1.82, 2.24) is 4.98 Å². The molecule has 2 N–H and O–H groups in total. The molecule has 2 aromatic carbocycles. The number of benzene rings is 2. The van der Waals surface area contributed by atoms with Crippen molar-refractivity contribution in [2.75, 3.05) is 24.3 Å². The van der Waals surface area contributed by atoms with Gasteiger partial charge >= 0.3 is 5.97 Å². The van der Waals surface area contributed by atoms with Crippen molar-refractivity contribution in [2.24, 2.45) is 0 Å². The van der Waals surface area contributed by atoms with E-state index in [1.807, 2.05) is 24.3 Å². The van der Waals surface area contributed by atoms with E-state index in [2.05, 4.69) is 20.4 Å². The maximum absolute atomic E-state index is 12.3. The molecule has 0 fully saturated rings. The highest BCUT2D eigenvalue weighted by atomic mass is 35.5. The molecule has 0 unspecified atom stereocenters. The Hall–Kier alpha value is -3.12. The molecule has 6 nitrogen and oxygen atoms in total. The van der Waals surface area contributed by atoms with Gasteiger partial charge in [-0.2, -0.15) is 0 Å². The molecule has 0 spiro atoms. The molecule has 0 aliphatic carbocycles. The fourth-order valence-electron chi connectivity index (χ4n) is 2.48. The molecular weight excluding hydrogens is 354 g/mol. The van der Waals surface area contributed by atoms with Crippen LogP contribution < -0.4 is 10.6 Å². The number of amides is 1. The molecule has 1 aromatic heterocycles. The van der Waals surface area contributed by atoms with Crippen molar-refractivity contribution in [3.8, 4) is 0 Å². The van der Waals surface area contributed by atoms with Crippen LogP contribution in [0.4, 0.5) is 11.4 Å². The van der Waals surface area contributed by atoms with Crippen LogP contribution in [0, 0.1) is 0 Å². The average Bonchev–Trinajstić information content (AvgIpc) is 2.67. The number of carbonyl (C=O) groups is 2. The second-order valence-corrected chi connectivity index (χ2v) is 5.88. The Morgan fingerprint density at radius 2 is 1.92 bits per heavy atom. The van der Waals surface area contributed by atoms with Crippen LogP contribution in [0.25, 0.3) is 10.9 Å². The minimum absolute atomic E-state index is 0.0203. The number of fused-ring (bicyclic) bond motifs is 1. The van der Waals surface area contributed by atoms with Gasteiger partial charge in [-0.3, -0.25) is 9.78 Å². The van der Waals surface area contributed by atoms with Crippen LogP contribution in [-0.4, -0.2) is 30.5 Å². The second kappa shape index (κ2) is 7.84. The topological polar surface area (TPSA) is 80.3 Å². The van der Waals surface area contributed by atoms with Crippen LogP contribution in [0.2, 0.25) is 5.02 Å². The van der Waals surface area contributed by atoms with Crippen LogP contribution in [0.3, 0.4) is 0 Å². The first-order valence-corrected chi connectivity index (χ1v) is 8.21. The number of anilines is 2. The molecule has 26 heavy (non-hydrogen) atoms. The largest absolute Gasteiger partial charge is 0.465 e. The van der Waals surface area contributed by atoms with Gasteiger partial charge in [0.15, 0.2) is 0 Å². The van der Waals surface area contributed by atoms with E-state index in [0.717, 1.165) is 5.39 Å². The molecule has 1 amide bonds. The lowest BCUT2D eigenvalue weighted by atomic mass is 10.2. The monoisotopic (exact) mass is 369 g/mol. The standard InChI is InChI=1S/C19H16ClN3O3/c1-26-19(25)13-7-8-14(20)16(10-13)22-11-17(24)23-15-6-2-4-12-5-3-9-21-18(12)15/h2-10,22H,11H2,1H3,(H,23,24). The number of ether oxygens (including phenoxy) is 1. The molecule has 3 rings (SSSR count). The zero-order valence-corrected chi connectivity index (χ0v) is 14.7. The zero-order chi connectivity index (χ0) is 18.5. The van der Waals surface area contributed by atoms with E-state index in [0.29, 0.717) is 27.5 Å². The Morgan fingerprint density at radius 3 is 2.73 bits per heavy atom. The molecule has 7 heteroatoms. The number of nitrogens with zero attached hydrogens (tertiary/aromatic N) is 1. The summed E-state index contributed by atoms with van der Waals surface area (Å²) in [5.41, 5.74) is 2.16. The van der Waals surface area contributed by atoms with Crippen LogP contribution in [-0.2, 0) is 9.53 Å². The molecular formula is C19H16ClN3O3. The average molecular weight is 370 g/mol. The van der Waals surface area contributed by atoms with E-state index in [-0.39, 0.29) is 12.5 Å². The van der Waals surface area contributed by atoms with E-state index in [9.17, 15) is 9.59 Å². The van der Waals surface area contributed by atoms with Gasteiger partial charge in [0.05, 0.1) is 41.1 Å². The van der Waals surface area contributed by atoms with E-state index in [1.54, 1.807) is 30.5 Å². The van der Waals surface area contributed by atoms with E-state index in [4.69, 9.17) is 11.6 Å². The van der Waals surface area contributed by atoms with E-state index < -0.39 is 5.97 Å². The Bertz CT molecular complexity index is 970. The highest BCUT2D eigenvalue weighted by molar-refractivity contribution is 6.33. The Kier molecular flexibility index (Phi) is 5.34. The number of hydrogen-bond donors (Lipinski definition) is 2. The molecule has 0 saturated carbocycles. The van der Waals surface area contributed by atoms with Gasteiger partial charge in [-0.1, -0.05) is 29.8 Å². The third-order valence-corrected chi connectivity index (χ3v) is 4.06. The van der Waals surface area contributed by atoms with E-state index >= 15 is 0 Å². The minimum atomic E-state index is -0.476. The van der Waals surface area contributed by atoms with Gasteiger partial charge in [0.25, 0.3) is 0 Å². The molecule has 0 aliphatic rings. The Labute approximate surface area is 155 Å². The van der Waals surface area contributed by atoms with Gasteiger partial charge in [-0.25, -0.2) is 4.79 Å². The van der Waals surface area contributed by atoms with Crippen molar-refractivity contribution >= 4 is 45.8 Å². The summed E-state index contributed by atoms with van der Waals surface area (Å²) in [6, 6.07) is 14.0. The number of esters is 1. The summed E-state index contributed by atoms with van der Waals surface area (Å²) < 4.78 is 4.68. The molecule has 0 radical (unpaired) electrons. The van der Waals surface area contributed by atoms with Crippen LogP contribution in [0.1, 0.15) is 10.4 Å². The number of halogens is 1. The number of aromatic nitrogens is 1. The fourth-order valence-corrected chi connectivity index (χ4v) is 2.66. The van der Waals surface area contributed by atoms with Crippen molar-refractivity contribution in [2.45, 2.75) is 0 Å². The first-order chi connectivity index (χ1) is 12.6. The lowest BCUT2D eigenvalue weighted by molar-refractivity contribution is -0.114. The molecule has 0 aliphatic heterocycles. The molecule has 132 valence electrons. The number of para-hydroxylation sites is 1. The SMILES string of the molecule is COC(=O)c1ccc(Cl)c(NCC(=O)Nc2cccc3cccnc23)c1. The van der Waals surface area contributed by atoms with Crippen molar-refractivity contribution < 1.29 is 14.3 Å². The van der Waals surface area contributed by atoms with Gasteiger partial charge in [-0.15, -0.1) is 0 Å². The quantitative estimate of drug-likeness (QED) is 0.670. The number of rotatable bonds is 5. The molecule has 0 atom stereocenters. The van der Waals surface area contributed by atoms with Crippen LogP contribution in [0.15, 0.2) is 54.7 Å². The Morgan fingerprint density at radius 1 is 1.12 bits per heavy atom. The normalized spacial score (nSPS) is 10.4. The maximum atomic E-state index is 12.3. The highest BCUT2D eigenvalue weighted by Gasteiger charge is 2.11. The van der Waals surface area contributed by atoms with Gasteiger partial charge in [0, 0.05) is 11.6 Å². The minimum Gasteiger partial charge on any atom is -0.465 e. The second-order valence-electron chi connectivity index (χ2n) is 5.47. The summed E-state index contributed by atoms with van der Waals surface area (Å²) in [4.78, 5) is 28.2. The molecule has 0 bridgehead atoms. The third-order valence-electron chi connectivity index (χ3n) is 3.73. The summed E-state index contributed by atoms with van der Waals surface area (Å²) in [5, 5.41) is 7.09. The smallest absolute Gasteiger partial charge is 0.337 e. The zero-order valence-electron chi connectivity index (χ0n) is 14.0. The van der Waals surface area contributed by atoms with Gasteiger partial charge in [0.2, 0.25) is 5.91 Å². The summed E-state index contributed by atoms with van der Waals surface area (Å²) >= 11 is 6.11. The van der Waals surface area contributed by atoms with Gasteiger partial charge < -0.3 is 15.4 Å². The molecule has 3 aromatic rings. The molecule has 0 saturated heterocycles. The number of carbonyl (C=O) groups excluding carboxylic acids is 2. The summed E-state index contributed by atoms with van der Waals surface area (Å²) in [7, 11) is 1.30. The lowest BCUT2D eigenvalue weighted by Crippen LogP contribution is -2.22. The lowest BCUT2D eigenvalue weighted by Gasteiger charge is -2.11. The predicted molar refractivity (Wildman–Crippen MR) is 102 cm³/mol. The van der Waals surface area contributed by atoms with Crippen molar-refractivity contribution in [3.63, 3.8) is 0 Å². The maximum Gasteiger partial charge on any atom is 0.337 e. The highest BCUT2D eigenvalue weighted by Crippen LogP contribution is 2.24. The van der Waals surface area contributed by atoms with Gasteiger partial charge in [0.1, 0.15) is 0 Å². The number of pyridine rings is 1. The van der Waals surface area contributed by atoms with Crippen LogP contribution >= 0.6 is 11.6 Å². The van der Waals surface area contributed by atoms with Crippen molar-refractivity contribution in [1.29, 1.82) is 0 Å². The first kappa shape index (κ1) is 17.7. The Balaban J connectivity index is 1.70. The summed E-state index contributed by atoms with van der Waals surface area (Å²) in [5.74, 6) is -0.737. The predicted octanol–water partition coefficient (Wildman–Crippen LogP) is 3.73. The fraction of sp³-hybridized carbons (Fsp3) is 0.105. The number of hydrogen-bond acceptors (Lipinski definition) is 5. The molecule has 1 heterocycles. The first-order valence-electron chi connectivity index (χ1n) is 7.84. The van der Waals surface area contributed by atoms with Crippen molar-refractivity contribution in [3.05, 3.63) is 65.3 Å². The number of nitrogens with one attached hydrogen (secondary N) is 2. The number of methoxy groups -OCH3 is 1. The summed E-state index contributed by atoms with van der Waals surface area (Å²) in [6.45, 7) is -0.0203. The van der Waals surface area contributed by atoms with Crippen LogP contribution in [0.5, 0.6) is 0 Å². The third kappa shape index (κ3) is 3.92. The summed E-state index contributed by atoms with van der Waals surface area (Å²) in [6.07, 6.45) is 1.67.